The molecule has 0 aromatic rings. The Balaban J connectivity index is 2.86. The van der Waals surface area contributed by atoms with E-state index in [0.29, 0.717) is 0 Å². The second-order valence-electron chi connectivity index (χ2n) is 2.66. The summed E-state index contributed by atoms with van der Waals surface area (Å²) in [4.78, 5) is 0. The summed E-state index contributed by atoms with van der Waals surface area (Å²) in [6.07, 6.45) is 4.18. The zero-order chi connectivity index (χ0) is 6.41. The zero-order valence-electron chi connectivity index (χ0n) is 6.41. The van der Waals surface area contributed by atoms with Crippen molar-refractivity contribution in [3.8, 4) is 0 Å². The summed E-state index contributed by atoms with van der Waals surface area (Å²) in [7, 11) is 1.35. The van der Waals surface area contributed by atoms with E-state index in [0.717, 1.165) is 5.92 Å². The number of rotatable bonds is 4. The molecule has 0 nitrogen and oxygen atoms in total. The van der Waals surface area contributed by atoms with E-state index in [1.807, 2.05) is 0 Å². The molecule has 0 heterocycles. The quantitative estimate of drug-likeness (QED) is 0.489. The molecule has 0 aliphatic carbocycles. The predicted molar refractivity (Wildman–Crippen MR) is 41.9 cm³/mol. The van der Waals surface area contributed by atoms with Gasteiger partial charge in [0.05, 0.1) is 0 Å². The van der Waals surface area contributed by atoms with Crippen molar-refractivity contribution in [2.75, 3.05) is 0 Å². The maximum absolute atomic E-state index is 2.33. The summed E-state index contributed by atoms with van der Waals surface area (Å²) in [5, 5.41) is 0. The number of hydrogen-bond donors (Lipinski definition) is 0. The highest BCUT2D eigenvalue weighted by molar-refractivity contribution is 6.33. The average Bonchev–Trinajstić information content (AvgIpc) is 1.83. The molecule has 0 aromatic heterocycles. The maximum atomic E-state index is 2.33. The molecule has 0 aliphatic heterocycles. The van der Waals surface area contributed by atoms with E-state index >= 15 is 0 Å². The van der Waals surface area contributed by atoms with E-state index in [2.05, 4.69) is 20.7 Å². The Morgan fingerprint density at radius 2 is 2.12 bits per heavy atom. The average molecular weight is 112 g/mol. The van der Waals surface area contributed by atoms with Crippen molar-refractivity contribution in [3.05, 3.63) is 0 Å². The lowest BCUT2D eigenvalue weighted by molar-refractivity contribution is 0.543. The molecule has 48 valence electrons. The molecule has 0 bridgehead atoms. The molecule has 0 rings (SSSR count). The number of hydrogen-bond acceptors (Lipinski definition) is 0. The molecular formula is C7H17B. The Bertz CT molecular complexity index is 43.7. The van der Waals surface area contributed by atoms with Gasteiger partial charge in [-0.1, -0.05) is 39.8 Å². The molecule has 0 saturated heterocycles. The van der Waals surface area contributed by atoms with Crippen molar-refractivity contribution in [2.45, 2.75) is 39.8 Å². The van der Waals surface area contributed by atoms with E-state index in [4.69, 9.17) is 0 Å². The van der Waals surface area contributed by atoms with Gasteiger partial charge < -0.3 is 0 Å². The van der Waals surface area contributed by atoms with Crippen LogP contribution in [0.3, 0.4) is 0 Å². The molecule has 0 aromatic carbocycles. The molecule has 0 spiro atoms. The second kappa shape index (κ2) is 5.21. The molecule has 1 unspecified atom stereocenters. The topological polar surface area (TPSA) is 0 Å². The molecule has 8 heavy (non-hydrogen) atoms. The van der Waals surface area contributed by atoms with Gasteiger partial charge in [-0.3, -0.25) is 0 Å². The van der Waals surface area contributed by atoms with Gasteiger partial charge in [0.2, 0.25) is 0 Å². The van der Waals surface area contributed by atoms with E-state index < -0.39 is 0 Å². The largest absolute Gasteiger partial charge is 0.117 e. The van der Waals surface area contributed by atoms with Crippen molar-refractivity contribution in [1.29, 1.82) is 0 Å². The van der Waals surface area contributed by atoms with Crippen molar-refractivity contribution in [1.82, 2.24) is 0 Å². The van der Waals surface area contributed by atoms with Crippen molar-refractivity contribution < 1.29 is 0 Å². The van der Waals surface area contributed by atoms with Gasteiger partial charge >= 0.3 is 0 Å². The SMILES string of the molecule is CBCCC(C)CC. The van der Waals surface area contributed by atoms with Crippen molar-refractivity contribution >= 4 is 7.28 Å². The van der Waals surface area contributed by atoms with E-state index in [1.165, 1.54) is 26.4 Å². The summed E-state index contributed by atoms with van der Waals surface area (Å²) in [5.41, 5.74) is 0. The minimum Gasteiger partial charge on any atom is -0.0893 e. The summed E-state index contributed by atoms with van der Waals surface area (Å²) >= 11 is 0. The lowest BCUT2D eigenvalue weighted by Gasteiger charge is -2.04. The fourth-order valence-corrected chi connectivity index (χ4v) is 0.757. The third-order valence-electron chi connectivity index (χ3n) is 1.75. The fraction of sp³-hybridized carbons (Fsp3) is 1.00. The van der Waals surface area contributed by atoms with Gasteiger partial charge in [0, 0.05) is 0 Å². The molecule has 0 fully saturated rings. The van der Waals surface area contributed by atoms with Gasteiger partial charge in [0.25, 0.3) is 0 Å². The Labute approximate surface area is 53.9 Å². The molecule has 1 heteroatoms. The van der Waals surface area contributed by atoms with Crippen LogP contribution in [-0.2, 0) is 0 Å². The molecular weight excluding hydrogens is 94.9 g/mol. The molecule has 0 N–H and O–H groups in total. The lowest BCUT2D eigenvalue weighted by atomic mass is 9.74. The van der Waals surface area contributed by atoms with Crippen LogP contribution in [0.5, 0.6) is 0 Å². The fourth-order valence-electron chi connectivity index (χ4n) is 0.757. The van der Waals surface area contributed by atoms with Crippen molar-refractivity contribution in [2.24, 2.45) is 5.92 Å². The molecule has 0 aliphatic rings. The Morgan fingerprint density at radius 1 is 1.50 bits per heavy atom. The van der Waals surface area contributed by atoms with E-state index in [-0.39, 0.29) is 0 Å². The Kier molecular flexibility index (Phi) is 5.25. The van der Waals surface area contributed by atoms with Crippen LogP contribution < -0.4 is 0 Å². The van der Waals surface area contributed by atoms with Gasteiger partial charge in [-0.2, -0.15) is 0 Å². The van der Waals surface area contributed by atoms with Crippen LogP contribution in [0.1, 0.15) is 26.7 Å². The molecule has 0 radical (unpaired) electrons. The lowest BCUT2D eigenvalue weighted by Crippen LogP contribution is -1.92. The molecule has 0 amide bonds. The van der Waals surface area contributed by atoms with Gasteiger partial charge in [0.15, 0.2) is 0 Å². The Hall–Kier alpha value is 0.0649. The first-order chi connectivity index (χ1) is 3.81. The smallest absolute Gasteiger partial charge is 0.0893 e. The van der Waals surface area contributed by atoms with Crippen LogP contribution in [0.4, 0.5) is 0 Å². The first kappa shape index (κ1) is 8.06. The second-order valence-corrected chi connectivity index (χ2v) is 2.66. The van der Waals surface area contributed by atoms with Crippen molar-refractivity contribution in [3.63, 3.8) is 0 Å². The summed E-state index contributed by atoms with van der Waals surface area (Å²) in [5.74, 6) is 0.954. The highest BCUT2D eigenvalue weighted by Crippen LogP contribution is 2.08. The first-order valence-corrected chi connectivity index (χ1v) is 3.81. The maximum Gasteiger partial charge on any atom is 0.117 e. The third kappa shape index (κ3) is 4.23. The molecule has 0 saturated carbocycles. The summed E-state index contributed by atoms with van der Waals surface area (Å²) < 4.78 is 0. The minimum atomic E-state index is 0.954. The van der Waals surface area contributed by atoms with Gasteiger partial charge in [-0.05, 0) is 5.92 Å². The van der Waals surface area contributed by atoms with Crippen LogP contribution in [-0.4, -0.2) is 7.28 Å². The first-order valence-electron chi connectivity index (χ1n) is 3.81. The van der Waals surface area contributed by atoms with Crippen LogP contribution in [0.15, 0.2) is 0 Å². The van der Waals surface area contributed by atoms with Crippen LogP contribution >= 0.6 is 0 Å². The summed E-state index contributed by atoms with van der Waals surface area (Å²) in [6.45, 7) is 6.85. The summed E-state index contributed by atoms with van der Waals surface area (Å²) in [6, 6.07) is 0. The van der Waals surface area contributed by atoms with Crippen LogP contribution in [0.25, 0.3) is 0 Å². The normalized spacial score (nSPS) is 13.4. The van der Waals surface area contributed by atoms with Crippen LogP contribution in [0, 0.1) is 5.92 Å². The minimum absolute atomic E-state index is 0.954. The van der Waals surface area contributed by atoms with Gasteiger partial charge in [0.1, 0.15) is 7.28 Å². The third-order valence-corrected chi connectivity index (χ3v) is 1.75. The van der Waals surface area contributed by atoms with Gasteiger partial charge in [-0.25, -0.2) is 0 Å². The monoisotopic (exact) mass is 112 g/mol. The predicted octanol–water partition coefficient (Wildman–Crippen LogP) is 2.33. The molecule has 1 atom stereocenters. The van der Waals surface area contributed by atoms with Gasteiger partial charge in [-0.15, -0.1) is 0 Å². The standard InChI is InChI=1S/C7H17B/c1-4-7(2)5-6-8-3/h7-8H,4-6H2,1-3H3. The Morgan fingerprint density at radius 3 is 2.50 bits per heavy atom. The highest BCUT2D eigenvalue weighted by atomic mass is 14.0. The van der Waals surface area contributed by atoms with E-state index in [1.54, 1.807) is 0 Å². The highest BCUT2D eigenvalue weighted by Gasteiger charge is 1.95. The zero-order valence-corrected chi connectivity index (χ0v) is 6.41. The van der Waals surface area contributed by atoms with Crippen LogP contribution in [0.2, 0.25) is 13.1 Å². The van der Waals surface area contributed by atoms with E-state index in [9.17, 15) is 0 Å².